The highest BCUT2D eigenvalue weighted by atomic mass is 16.3. The Bertz CT molecular complexity index is 4290. The third kappa shape index (κ3) is 7.34. The van der Waals surface area contributed by atoms with Crippen LogP contribution in [0, 0.1) is 0 Å². The summed E-state index contributed by atoms with van der Waals surface area (Å²) >= 11 is 0. The maximum absolute atomic E-state index is 7.43. The SMILES string of the molecule is CC(C)(C)c1ccc(N(c2ccc(C(C)(C)C)cc2)c2ccc3c4c2c2oc5ccccc5c2n4B2c4ccc(C(C)(C)C)cc4N(c4ccc(C(C)(C)C)cc4-c4ccccc4)c4cc5c(c-3c42)C(C)(C)c2ccccc2-5)cc1. The fraction of sp³-hybridized carbons (Fsp3) is 0.253. The van der Waals surface area contributed by atoms with Crippen LogP contribution in [0.1, 0.15) is 130 Å². The van der Waals surface area contributed by atoms with E-state index in [4.69, 9.17) is 4.42 Å². The van der Waals surface area contributed by atoms with Crippen molar-refractivity contribution < 1.29 is 4.42 Å². The normalized spacial score (nSPS) is 14.4. The first kappa shape index (κ1) is 50.2. The topological polar surface area (TPSA) is 24.6 Å². The lowest BCUT2D eigenvalue weighted by Gasteiger charge is -2.43. The molecule has 396 valence electrons. The van der Waals surface area contributed by atoms with E-state index < -0.39 is 0 Å². The van der Waals surface area contributed by atoms with E-state index in [0.29, 0.717) is 0 Å². The number of hydrogen-bond donors (Lipinski definition) is 0. The van der Waals surface area contributed by atoms with E-state index in [1.54, 1.807) is 0 Å². The van der Waals surface area contributed by atoms with Crippen LogP contribution in [0.25, 0.3) is 66.4 Å². The molecule has 5 heteroatoms. The molecule has 4 heterocycles. The molecule has 0 atom stereocenters. The van der Waals surface area contributed by atoms with Gasteiger partial charge in [0.15, 0.2) is 5.58 Å². The second-order valence-corrected chi connectivity index (χ2v) is 27.8. The standard InChI is InChI=1S/C75H72BN3O/c1-71(2,3)46-28-34-50(35-29-46)77(51-36-30-47(31-37-51)72(4,5)6)60-41-38-54-64-66-56(52-24-18-20-26-57(52)75(66,13)14)44-62-67(64)76(79-68(54)65(60)70-69(79)53-25-19-21-27-63(53)80-70)58-39-32-49(74(10,11)12)43-61(58)78(62)59-40-33-48(73(7,8)9)42-55(59)45-22-16-15-17-23-45/h15-44H,1-14H3. The van der Waals surface area contributed by atoms with Gasteiger partial charge in [-0.25, -0.2) is 0 Å². The molecule has 14 rings (SSSR count). The van der Waals surface area contributed by atoms with Gasteiger partial charge in [-0.3, -0.25) is 0 Å². The molecule has 0 amide bonds. The highest BCUT2D eigenvalue weighted by molar-refractivity contribution is 6.90. The highest BCUT2D eigenvalue weighted by Gasteiger charge is 2.50. The van der Waals surface area contributed by atoms with E-state index >= 15 is 0 Å². The Balaban J connectivity index is 1.16. The molecule has 0 spiro atoms. The molecule has 80 heavy (non-hydrogen) atoms. The number of rotatable bonds is 5. The Morgan fingerprint density at radius 3 is 1.69 bits per heavy atom. The van der Waals surface area contributed by atoms with Gasteiger partial charge in [0.25, 0.3) is 0 Å². The van der Waals surface area contributed by atoms with Crippen LogP contribution in [-0.2, 0) is 27.1 Å². The molecule has 2 aliphatic heterocycles. The molecule has 1 aliphatic carbocycles. The summed E-state index contributed by atoms with van der Waals surface area (Å²) in [6, 6.07) is 69.7. The molecule has 0 saturated carbocycles. The molecular weight excluding hydrogens is 970 g/mol. The van der Waals surface area contributed by atoms with Crippen molar-refractivity contribution in [1.82, 2.24) is 4.48 Å². The first-order valence-electron chi connectivity index (χ1n) is 29.0. The van der Waals surface area contributed by atoms with Gasteiger partial charge >= 0.3 is 6.85 Å². The minimum Gasteiger partial charge on any atom is -0.454 e. The van der Waals surface area contributed by atoms with Crippen LogP contribution in [0.2, 0.25) is 0 Å². The Kier molecular flexibility index (Phi) is 10.7. The fourth-order valence-electron chi connectivity index (χ4n) is 13.9. The molecule has 0 radical (unpaired) electrons. The Morgan fingerprint density at radius 2 is 1.04 bits per heavy atom. The van der Waals surface area contributed by atoms with Gasteiger partial charge in [0, 0.05) is 44.7 Å². The van der Waals surface area contributed by atoms with Crippen molar-refractivity contribution >= 4 is 84.9 Å². The fourth-order valence-corrected chi connectivity index (χ4v) is 13.9. The summed E-state index contributed by atoms with van der Waals surface area (Å²) in [7, 11) is 0. The van der Waals surface area contributed by atoms with Crippen LogP contribution in [0.3, 0.4) is 0 Å². The summed E-state index contributed by atoms with van der Waals surface area (Å²) in [6.45, 7) is 32.5. The zero-order chi connectivity index (χ0) is 55.7. The first-order chi connectivity index (χ1) is 38.0. The second-order valence-electron chi connectivity index (χ2n) is 27.8. The van der Waals surface area contributed by atoms with E-state index in [0.717, 1.165) is 44.5 Å². The minimum atomic E-state index is -0.313. The van der Waals surface area contributed by atoms with Crippen molar-refractivity contribution in [2.75, 3.05) is 9.80 Å². The van der Waals surface area contributed by atoms with Gasteiger partial charge in [0.2, 0.25) is 0 Å². The molecule has 0 saturated heterocycles. The van der Waals surface area contributed by atoms with Crippen molar-refractivity contribution in [2.45, 2.75) is 124 Å². The largest absolute Gasteiger partial charge is 0.454 e. The predicted octanol–water partition coefficient (Wildman–Crippen LogP) is 19.6. The molecule has 11 aromatic rings. The minimum absolute atomic E-state index is 0.000260. The van der Waals surface area contributed by atoms with Crippen LogP contribution in [0.4, 0.5) is 34.1 Å². The molecule has 0 bridgehead atoms. The summed E-state index contributed by atoms with van der Waals surface area (Å²) in [5.74, 6) is 0. The van der Waals surface area contributed by atoms with Gasteiger partial charge in [0.1, 0.15) is 5.58 Å². The number of nitrogens with zero attached hydrogens (tertiary/aromatic N) is 3. The molecular formula is C75H72BN3O. The summed E-state index contributed by atoms with van der Waals surface area (Å²) in [5.41, 5.74) is 28.7. The van der Waals surface area contributed by atoms with E-state index in [9.17, 15) is 0 Å². The van der Waals surface area contributed by atoms with Crippen LogP contribution in [-0.4, -0.2) is 11.3 Å². The van der Waals surface area contributed by atoms with Gasteiger partial charge < -0.3 is 18.7 Å². The number of fused-ring (bicyclic) bond motifs is 13. The van der Waals surface area contributed by atoms with E-state index in [2.05, 4.69) is 293 Å². The number of benzene rings is 9. The Morgan fingerprint density at radius 1 is 0.463 bits per heavy atom. The van der Waals surface area contributed by atoms with Crippen LogP contribution >= 0.6 is 0 Å². The monoisotopic (exact) mass is 1040 g/mol. The number of para-hydroxylation sites is 1. The smallest absolute Gasteiger partial charge is 0.333 e. The lowest BCUT2D eigenvalue weighted by Crippen LogP contribution is -2.57. The number of furan rings is 1. The van der Waals surface area contributed by atoms with Gasteiger partial charge in [-0.2, -0.15) is 0 Å². The zero-order valence-corrected chi connectivity index (χ0v) is 49.1. The van der Waals surface area contributed by atoms with Crippen LogP contribution < -0.4 is 20.7 Å². The lowest BCUT2D eigenvalue weighted by molar-refractivity contribution is 0.590. The predicted molar refractivity (Wildman–Crippen MR) is 342 cm³/mol. The van der Waals surface area contributed by atoms with Gasteiger partial charge in [0.05, 0.1) is 27.8 Å². The van der Waals surface area contributed by atoms with Crippen molar-refractivity contribution in [1.29, 1.82) is 0 Å². The average molecular weight is 1040 g/mol. The maximum atomic E-state index is 7.43. The maximum Gasteiger partial charge on any atom is 0.333 e. The van der Waals surface area contributed by atoms with Crippen molar-refractivity contribution in [3.05, 3.63) is 215 Å². The van der Waals surface area contributed by atoms with Gasteiger partial charge in [-0.15, -0.1) is 0 Å². The molecule has 3 aliphatic rings. The number of anilines is 6. The van der Waals surface area contributed by atoms with Crippen molar-refractivity contribution in [2.24, 2.45) is 0 Å². The molecule has 9 aromatic carbocycles. The molecule has 2 aromatic heterocycles. The third-order valence-electron chi connectivity index (χ3n) is 18.2. The van der Waals surface area contributed by atoms with E-state index in [-0.39, 0.29) is 33.9 Å². The second kappa shape index (κ2) is 17.0. The quantitative estimate of drug-likeness (QED) is 0.161. The summed E-state index contributed by atoms with van der Waals surface area (Å²) in [6.07, 6.45) is 0. The van der Waals surface area contributed by atoms with Crippen LogP contribution in [0.15, 0.2) is 186 Å². The van der Waals surface area contributed by atoms with Gasteiger partial charge in [-0.1, -0.05) is 212 Å². The molecule has 0 fully saturated rings. The third-order valence-corrected chi connectivity index (χ3v) is 18.2. The highest BCUT2D eigenvalue weighted by Crippen LogP contribution is 2.59. The van der Waals surface area contributed by atoms with Gasteiger partial charge in [-0.05, 0) is 155 Å². The van der Waals surface area contributed by atoms with Crippen LogP contribution in [0.5, 0.6) is 0 Å². The summed E-state index contributed by atoms with van der Waals surface area (Å²) < 4.78 is 10.2. The van der Waals surface area contributed by atoms with Crippen molar-refractivity contribution in [3.63, 3.8) is 0 Å². The molecule has 0 N–H and O–H groups in total. The molecule has 4 nitrogen and oxygen atoms in total. The summed E-state index contributed by atoms with van der Waals surface area (Å²) in [5, 5.41) is 2.23. The number of hydrogen-bond acceptors (Lipinski definition) is 3. The van der Waals surface area contributed by atoms with Crippen molar-refractivity contribution in [3.8, 4) is 33.4 Å². The molecule has 0 unspecified atom stereocenters. The average Bonchev–Trinajstić information content (AvgIpc) is 4.18. The Hall–Kier alpha value is -8.02. The first-order valence-corrected chi connectivity index (χ1v) is 29.0. The number of aromatic nitrogens is 1. The summed E-state index contributed by atoms with van der Waals surface area (Å²) in [4.78, 5) is 5.15. The van der Waals surface area contributed by atoms with E-state index in [1.807, 2.05) is 0 Å². The van der Waals surface area contributed by atoms with E-state index in [1.165, 1.54) is 100 Å². The lowest BCUT2D eigenvalue weighted by atomic mass is 9.44. The zero-order valence-electron chi connectivity index (χ0n) is 49.1. The Labute approximate surface area is 473 Å².